The summed E-state index contributed by atoms with van der Waals surface area (Å²) < 4.78 is 1.83. The summed E-state index contributed by atoms with van der Waals surface area (Å²) in [5.41, 5.74) is 5.21. The van der Waals surface area contributed by atoms with Crippen molar-refractivity contribution in [2.24, 2.45) is 0 Å². The molecule has 94 valence electrons. The summed E-state index contributed by atoms with van der Waals surface area (Å²) in [6.07, 6.45) is 7.41. The Bertz CT molecular complexity index is 681. The van der Waals surface area contributed by atoms with Crippen LogP contribution in [0.1, 0.15) is 11.4 Å². The zero-order valence-corrected chi connectivity index (χ0v) is 10.9. The van der Waals surface area contributed by atoms with Crippen molar-refractivity contribution < 1.29 is 0 Å². The third-order valence-corrected chi connectivity index (χ3v) is 2.91. The van der Waals surface area contributed by atoms with Crippen molar-refractivity contribution in [3.63, 3.8) is 0 Å². The van der Waals surface area contributed by atoms with E-state index in [0.29, 0.717) is 0 Å². The Balaban J connectivity index is 2.02. The topological polar surface area (TPSA) is 43.6 Å². The van der Waals surface area contributed by atoms with Gasteiger partial charge in [-0.2, -0.15) is 5.10 Å². The minimum absolute atomic E-state index is 0.955. The van der Waals surface area contributed by atoms with Gasteiger partial charge in [0.15, 0.2) is 0 Å². The van der Waals surface area contributed by atoms with Crippen LogP contribution in [-0.2, 0) is 0 Å². The molecule has 0 aliphatic carbocycles. The molecule has 0 bridgehead atoms. The quantitative estimate of drug-likeness (QED) is 0.702. The predicted octanol–water partition coefficient (Wildman–Crippen LogP) is 2.95. The molecule has 0 amide bonds. The van der Waals surface area contributed by atoms with Crippen LogP contribution in [0.3, 0.4) is 0 Å². The molecule has 0 radical (unpaired) electrons. The Kier molecular flexibility index (Phi) is 2.83. The van der Waals surface area contributed by atoms with Gasteiger partial charge in [0.1, 0.15) is 0 Å². The summed E-state index contributed by atoms with van der Waals surface area (Å²) in [6.45, 7) is 4.00. The Morgan fingerprint density at radius 2 is 1.79 bits per heavy atom. The first-order chi connectivity index (χ1) is 9.22. The van der Waals surface area contributed by atoms with Crippen molar-refractivity contribution in [2.45, 2.75) is 13.8 Å². The van der Waals surface area contributed by atoms with E-state index in [4.69, 9.17) is 0 Å². The molecule has 0 fully saturated rings. The van der Waals surface area contributed by atoms with Crippen LogP contribution < -0.4 is 0 Å². The van der Waals surface area contributed by atoms with Gasteiger partial charge in [-0.05, 0) is 43.7 Å². The first kappa shape index (κ1) is 11.6. The molecule has 0 aliphatic rings. The lowest BCUT2D eigenvalue weighted by Gasteiger charge is -2.01. The maximum absolute atomic E-state index is 4.39. The fraction of sp³-hybridized carbons (Fsp3) is 0.133. The molecule has 4 nitrogen and oxygen atoms in total. The molecule has 3 heterocycles. The molecule has 0 atom stereocenters. The number of nitrogens with zero attached hydrogens (tertiary/aromatic N) is 4. The molecule has 0 aromatic carbocycles. The molecule has 3 aromatic heterocycles. The van der Waals surface area contributed by atoms with Gasteiger partial charge in [-0.15, -0.1) is 0 Å². The van der Waals surface area contributed by atoms with Gasteiger partial charge < -0.3 is 0 Å². The average molecular weight is 250 g/mol. The standard InChI is InChI=1S/C15H14N4/c1-11-6-13(7-12(2)18-11)14-8-17-19(10-14)15-4-3-5-16-9-15/h3-10H,1-2H3. The van der Waals surface area contributed by atoms with E-state index < -0.39 is 0 Å². The predicted molar refractivity (Wildman–Crippen MR) is 74.1 cm³/mol. The van der Waals surface area contributed by atoms with Crippen LogP contribution in [0.2, 0.25) is 0 Å². The highest BCUT2D eigenvalue weighted by Crippen LogP contribution is 2.21. The third kappa shape index (κ3) is 2.38. The van der Waals surface area contributed by atoms with Gasteiger partial charge in [-0.3, -0.25) is 9.97 Å². The minimum Gasteiger partial charge on any atom is -0.262 e. The summed E-state index contributed by atoms with van der Waals surface area (Å²) in [6, 6.07) is 8.01. The van der Waals surface area contributed by atoms with Gasteiger partial charge >= 0.3 is 0 Å². The van der Waals surface area contributed by atoms with Crippen molar-refractivity contribution >= 4 is 0 Å². The molecule has 3 rings (SSSR count). The van der Waals surface area contributed by atoms with Gasteiger partial charge in [0.2, 0.25) is 0 Å². The van der Waals surface area contributed by atoms with Gasteiger partial charge in [-0.25, -0.2) is 4.68 Å². The normalized spacial score (nSPS) is 10.6. The van der Waals surface area contributed by atoms with E-state index in [0.717, 1.165) is 28.2 Å². The zero-order valence-electron chi connectivity index (χ0n) is 10.9. The smallest absolute Gasteiger partial charge is 0.0828 e. The fourth-order valence-corrected chi connectivity index (χ4v) is 2.10. The van der Waals surface area contributed by atoms with E-state index in [1.165, 1.54) is 0 Å². The second-order valence-corrected chi connectivity index (χ2v) is 4.52. The molecule has 3 aromatic rings. The maximum Gasteiger partial charge on any atom is 0.0828 e. The second-order valence-electron chi connectivity index (χ2n) is 4.52. The lowest BCUT2D eigenvalue weighted by molar-refractivity contribution is 0.874. The Hall–Kier alpha value is -2.49. The molecule has 4 heteroatoms. The summed E-state index contributed by atoms with van der Waals surface area (Å²) in [5.74, 6) is 0. The van der Waals surface area contributed by atoms with Crippen molar-refractivity contribution in [3.8, 4) is 16.8 Å². The van der Waals surface area contributed by atoms with E-state index in [2.05, 4.69) is 27.2 Å². The van der Waals surface area contributed by atoms with Crippen LogP contribution in [0.25, 0.3) is 16.8 Å². The number of aromatic nitrogens is 4. The SMILES string of the molecule is Cc1cc(-c2cnn(-c3cccnc3)c2)cc(C)n1. The van der Waals surface area contributed by atoms with Crippen LogP contribution in [-0.4, -0.2) is 19.7 Å². The number of hydrogen-bond donors (Lipinski definition) is 0. The van der Waals surface area contributed by atoms with Crippen LogP contribution in [0.4, 0.5) is 0 Å². The monoisotopic (exact) mass is 250 g/mol. The van der Waals surface area contributed by atoms with E-state index in [1.54, 1.807) is 12.4 Å². The highest BCUT2D eigenvalue weighted by molar-refractivity contribution is 5.63. The van der Waals surface area contributed by atoms with Gasteiger partial charge in [0.05, 0.1) is 18.1 Å². The summed E-state index contributed by atoms with van der Waals surface area (Å²) in [7, 11) is 0. The van der Waals surface area contributed by atoms with Crippen LogP contribution in [0.5, 0.6) is 0 Å². The molecule has 0 spiro atoms. The average Bonchev–Trinajstić information content (AvgIpc) is 2.88. The van der Waals surface area contributed by atoms with Crippen LogP contribution in [0.15, 0.2) is 49.1 Å². The first-order valence-electron chi connectivity index (χ1n) is 6.13. The lowest BCUT2D eigenvalue weighted by atomic mass is 10.1. The lowest BCUT2D eigenvalue weighted by Crippen LogP contribution is -1.93. The molecule has 0 N–H and O–H groups in total. The highest BCUT2D eigenvalue weighted by Gasteiger charge is 2.05. The van der Waals surface area contributed by atoms with E-state index in [1.807, 2.05) is 43.1 Å². The summed E-state index contributed by atoms with van der Waals surface area (Å²) >= 11 is 0. The van der Waals surface area contributed by atoms with Gasteiger partial charge in [-0.1, -0.05) is 0 Å². The highest BCUT2D eigenvalue weighted by atomic mass is 15.3. The first-order valence-corrected chi connectivity index (χ1v) is 6.13. The minimum atomic E-state index is 0.955. The molecule has 0 unspecified atom stereocenters. The molecule has 0 aliphatic heterocycles. The zero-order chi connectivity index (χ0) is 13.2. The van der Waals surface area contributed by atoms with Crippen molar-refractivity contribution in [3.05, 3.63) is 60.4 Å². The molecular weight excluding hydrogens is 236 g/mol. The number of aryl methyl sites for hydroxylation is 2. The van der Waals surface area contributed by atoms with E-state index in [9.17, 15) is 0 Å². The number of hydrogen-bond acceptors (Lipinski definition) is 3. The maximum atomic E-state index is 4.39. The van der Waals surface area contributed by atoms with Crippen molar-refractivity contribution in [1.82, 2.24) is 19.7 Å². The van der Waals surface area contributed by atoms with Crippen LogP contribution in [0, 0.1) is 13.8 Å². The van der Waals surface area contributed by atoms with Crippen molar-refractivity contribution in [2.75, 3.05) is 0 Å². The summed E-state index contributed by atoms with van der Waals surface area (Å²) in [4.78, 5) is 8.49. The molecule has 0 saturated carbocycles. The Morgan fingerprint density at radius 3 is 2.47 bits per heavy atom. The summed E-state index contributed by atoms with van der Waals surface area (Å²) in [5, 5.41) is 4.38. The molecule has 19 heavy (non-hydrogen) atoms. The Labute approximate surface area is 111 Å². The van der Waals surface area contributed by atoms with E-state index >= 15 is 0 Å². The van der Waals surface area contributed by atoms with Gasteiger partial charge in [0, 0.05) is 29.3 Å². The molecule has 0 saturated heterocycles. The number of pyridine rings is 2. The fourth-order valence-electron chi connectivity index (χ4n) is 2.10. The number of rotatable bonds is 2. The Morgan fingerprint density at radius 1 is 1.00 bits per heavy atom. The third-order valence-electron chi connectivity index (χ3n) is 2.91. The van der Waals surface area contributed by atoms with E-state index in [-0.39, 0.29) is 0 Å². The second kappa shape index (κ2) is 4.65. The van der Waals surface area contributed by atoms with Crippen molar-refractivity contribution in [1.29, 1.82) is 0 Å². The van der Waals surface area contributed by atoms with Crippen LogP contribution >= 0.6 is 0 Å². The largest absolute Gasteiger partial charge is 0.262 e. The van der Waals surface area contributed by atoms with Gasteiger partial charge in [0.25, 0.3) is 0 Å². The molecular formula is C15H14N4.